The second kappa shape index (κ2) is 10.3. The Morgan fingerprint density at radius 1 is 1.09 bits per heavy atom. The normalized spacial score (nSPS) is 15.1. The molecule has 0 bridgehead atoms. The van der Waals surface area contributed by atoms with E-state index < -0.39 is 0 Å². The Bertz CT molecular complexity index is 1260. The Balaban J connectivity index is 1.08. The summed E-state index contributed by atoms with van der Waals surface area (Å²) >= 11 is 0. The molecule has 2 aromatic carbocycles. The van der Waals surface area contributed by atoms with Crippen LogP contribution in [0.25, 0.3) is 22.0 Å². The van der Waals surface area contributed by atoms with Crippen LogP contribution in [0.15, 0.2) is 65.1 Å². The number of carbonyl (C=O) groups is 1. The van der Waals surface area contributed by atoms with Gasteiger partial charge in [0.2, 0.25) is 5.71 Å². The van der Waals surface area contributed by atoms with E-state index in [4.69, 9.17) is 9.15 Å². The lowest BCUT2D eigenvalue weighted by Crippen LogP contribution is -2.36. The summed E-state index contributed by atoms with van der Waals surface area (Å²) in [5.74, 6) is 1.65. The Morgan fingerprint density at radius 3 is 2.71 bits per heavy atom. The largest absolute Gasteiger partial charge is 0.497 e. The molecule has 3 heterocycles. The second-order valence-corrected chi connectivity index (χ2v) is 9.14. The van der Waals surface area contributed by atoms with E-state index in [0.29, 0.717) is 18.0 Å². The van der Waals surface area contributed by atoms with Gasteiger partial charge in [0.05, 0.1) is 12.6 Å². The minimum atomic E-state index is -0.193. The minimum absolute atomic E-state index is 0.193. The van der Waals surface area contributed by atoms with E-state index in [9.17, 15) is 4.79 Å². The third-order valence-corrected chi connectivity index (χ3v) is 6.74. The lowest BCUT2D eigenvalue weighted by molar-refractivity contribution is 0.0924. The highest BCUT2D eigenvalue weighted by Gasteiger charge is 2.19. The second-order valence-electron chi connectivity index (χ2n) is 9.14. The quantitative estimate of drug-likeness (QED) is 0.375. The van der Waals surface area contributed by atoms with Crippen molar-refractivity contribution >= 4 is 27.9 Å². The topological polar surface area (TPSA) is 67.6 Å². The van der Waals surface area contributed by atoms with Gasteiger partial charge in [-0.3, -0.25) is 4.79 Å². The molecule has 0 spiro atoms. The highest BCUT2D eigenvalue weighted by molar-refractivity contribution is 5.98. The molecule has 4 aromatic rings. The average molecular weight is 458 g/mol. The van der Waals surface area contributed by atoms with Gasteiger partial charge in [0.25, 0.3) is 5.91 Å². The minimum Gasteiger partial charge on any atom is -0.497 e. The summed E-state index contributed by atoms with van der Waals surface area (Å²) in [7, 11) is 1.64. The van der Waals surface area contributed by atoms with Gasteiger partial charge < -0.3 is 19.4 Å². The first kappa shape index (κ1) is 22.4. The van der Waals surface area contributed by atoms with Crippen molar-refractivity contribution in [2.45, 2.75) is 25.7 Å². The van der Waals surface area contributed by atoms with Crippen molar-refractivity contribution in [1.82, 2.24) is 15.2 Å². The predicted molar refractivity (Wildman–Crippen MR) is 134 cm³/mol. The zero-order valence-electron chi connectivity index (χ0n) is 19.6. The van der Waals surface area contributed by atoms with Gasteiger partial charge in [-0.25, -0.2) is 4.98 Å². The number of likely N-dealkylation sites (tertiary alicyclic amines) is 1. The maximum absolute atomic E-state index is 12.6. The number of ether oxygens (including phenoxy) is 1. The standard InChI is InChI=1S/C28H31N3O3/c1-33-24-8-9-25-22(18-24)17-23-19-26(34-28(23)30-25)27(32)29-12-5-13-31-14-10-21(11-15-31)16-20-6-3-2-4-7-20/h2-4,6-9,17-19,21H,5,10-16H2,1H3,(H,29,32). The van der Waals surface area contributed by atoms with E-state index >= 15 is 0 Å². The molecule has 1 amide bonds. The zero-order chi connectivity index (χ0) is 23.3. The Hall–Kier alpha value is -3.38. The van der Waals surface area contributed by atoms with Crippen LogP contribution < -0.4 is 10.1 Å². The van der Waals surface area contributed by atoms with E-state index in [0.717, 1.165) is 54.0 Å². The fourth-order valence-corrected chi connectivity index (χ4v) is 4.81. The van der Waals surface area contributed by atoms with Crippen LogP contribution >= 0.6 is 0 Å². The molecule has 1 fully saturated rings. The maximum Gasteiger partial charge on any atom is 0.287 e. The number of rotatable bonds is 8. The first-order valence-electron chi connectivity index (χ1n) is 12.1. The number of piperidine rings is 1. The fourth-order valence-electron chi connectivity index (χ4n) is 4.81. The monoisotopic (exact) mass is 457 g/mol. The predicted octanol–water partition coefficient (Wildman–Crippen LogP) is 5.06. The molecule has 6 nitrogen and oxygen atoms in total. The summed E-state index contributed by atoms with van der Waals surface area (Å²) in [6.07, 6.45) is 4.60. The number of nitrogens with zero attached hydrogens (tertiary/aromatic N) is 2. The number of pyridine rings is 1. The molecule has 34 heavy (non-hydrogen) atoms. The Kier molecular flexibility index (Phi) is 6.77. The van der Waals surface area contributed by atoms with Crippen LogP contribution in [0.4, 0.5) is 0 Å². The van der Waals surface area contributed by atoms with Crippen LogP contribution in [0.2, 0.25) is 0 Å². The molecule has 0 aliphatic carbocycles. The molecule has 1 saturated heterocycles. The van der Waals surface area contributed by atoms with Crippen molar-refractivity contribution in [1.29, 1.82) is 0 Å². The van der Waals surface area contributed by atoms with E-state index in [1.807, 2.05) is 24.3 Å². The van der Waals surface area contributed by atoms with Gasteiger partial charge in [0.1, 0.15) is 5.75 Å². The molecule has 2 aromatic heterocycles. The Labute approximate surface area is 199 Å². The van der Waals surface area contributed by atoms with E-state index in [2.05, 4.69) is 45.5 Å². The fraction of sp³-hybridized carbons (Fsp3) is 0.357. The van der Waals surface area contributed by atoms with Crippen molar-refractivity contribution in [3.63, 3.8) is 0 Å². The number of fused-ring (bicyclic) bond motifs is 2. The lowest BCUT2D eigenvalue weighted by atomic mass is 9.90. The van der Waals surface area contributed by atoms with Gasteiger partial charge in [0.15, 0.2) is 5.76 Å². The smallest absolute Gasteiger partial charge is 0.287 e. The third kappa shape index (κ3) is 5.23. The SMILES string of the molecule is COc1ccc2nc3oc(C(=O)NCCCN4CCC(Cc5ccccc5)CC4)cc3cc2c1. The Morgan fingerprint density at radius 2 is 1.91 bits per heavy atom. The lowest BCUT2D eigenvalue weighted by Gasteiger charge is -2.32. The molecule has 0 saturated carbocycles. The van der Waals surface area contributed by atoms with Gasteiger partial charge in [-0.2, -0.15) is 0 Å². The molecule has 0 radical (unpaired) electrons. The number of carbonyl (C=O) groups excluding carboxylic acids is 1. The van der Waals surface area contributed by atoms with Crippen LogP contribution in [0.1, 0.15) is 35.4 Å². The van der Waals surface area contributed by atoms with Gasteiger partial charge in [0, 0.05) is 17.3 Å². The summed E-state index contributed by atoms with van der Waals surface area (Å²) in [5.41, 5.74) is 2.72. The molecule has 1 aliphatic heterocycles. The van der Waals surface area contributed by atoms with Crippen LogP contribution in [-0.4, -0.2) is 49.1 Å². The number of aromatic nitrogens is 1. The van der Waals surface area contributed by atoms with Crippen molar-refractivity contribution < 1.29 is 13.9 Å². The van der Waals surface area contributed by atoms with Crippen molar-refractivity contribution in [2.24, 2.45) is 5.92 Å². The number of amides is 1. The first-order chi connectivity index (χ1) is 16.7. The van der Waals surface area contributed by atoms with E-state index in [1.54, 1.807) is 13.2 Å². The number of benzene rings is 2. The highest BCUT2D eigenvalue weighted by atomic mass is 16.5. The average Bonchev–Trinajstić information content (AvgIpc) is 3.29. The molecule has 1 N–H and O–H groups in total. The van der Waals surface area contributed by atoms with Gasteiger partial charge in [-0.15, -0.1) is 0 Å². The van der Waals surface area contributed by atoms with Gasteiger partial charge in [-0.05, 0) is 87.1 Å². The number of hydrogen-bond acceptors (Lipinski definition) is 5. The number of nitrogens with one attached hydrogen (secondary N) is 1. The molecule has 6 heteroatoms. The molecule has 176 valence electrons. The summed E-state index contributed by atoms with van der Waals surface area (Å²) in [5, 5.41) is 4.75. The van der Waals surface area contributed by atoms with Crippen LogP contribution in [-0.2, 0) is 6.42 Å². The molecule has 1 aliphatic rings. The molecular weight excluding hydrogens is 426 g/mol. The number of hydrogen-bond donors (Lipinski definition) is 1. The van der Waals surface area contributed by atoms with Crippen LogP contribution in [0.5, 0.6) is 5.75 Å². The summed E-state index contributed by atoms with van der Waals surface area (Å²) in [6, 6.07) is 20.2. The number of methoxy groups -OCH3 is 1. The first-order valence-corrected chi connectivity index (χ1v) is 12.1. The maximum atomic E-state index is 12.6. The third-order valence-electron chi connectivity index (χ3n) is 6.74. The highest BCUT2D eigenvalue weighted by Crippen LogP contribution is 2.26. The van der Waals surface area contributed by atoms with Crippen molar-refractivity contribution in [3.8, 4) is 5.75 Å². The molecular formula is C28H31N3O3. The zero-order valence-corrected chi connectivity index (χ0v) is 19.6. The number of furan rings is 1. The van der Waals surface area contributed by atoms with Gasteiger partial charge in [-0.1, -0.05) is 30.3 Å². The van der Waals surface area contributed by atoms with E-state index in [1.165, 1.54) is 24.8 Å². The van der Waals surface area contributed by atoms with Gasteiger partial charge >= 0.3 is 0 Å². The van der Waals surface area contributed by atoms with Crippen LogP contribution in [0, 0.1) is 5.92 Å². The molecule has 0 atom stereocenters. The van der Waals surface area contributed by atoms with Crippen LogP contribution in [0.3, 0.4) is 0 Å². The summed E-state index contributed by atoms with van der Waals surface area (Å²) < 4.78 is 11.0. The van der Waals surface area contributed by atoms with Crippen molar-refractivity contribution in [3.05, 3.63) is 72.0 Å². The van der Waals surface area contributed by atoms with Crippen molar-refractivity contribution in [2.75, 3.05) is 33.3 Å². The molecule has 5 rings (SSSR count). The summed E-state index contributed by atoms with van der Waals surface area (Å²) in [6.45, 7) is 3.91. The van der Waals surface area contributed by atoms with E-state index in [-0.39, 0.29) is 5.91 Å². The molecule has 0 unspecified atom stereocenters. The summed E-state index contributed by atoms with van der Waals surface area (Å²) in [4.78, 5) is 19.7.